The molecule has 27 heavy (non-hydrogen) atoms. The van der Waals surface area contributed by atoms with Crippen molar-refractivity contribution in [2.75, 3.05) is 10.6 Å². The highest BCUT2D eigenvalue weighted by atomic mass is 16.1. The van der Waals surface area contributed by atoms with Gasteiger partial charge in [-0.1, -0.05) is 38.1 Å². The quantitative estimate of drug-likeness (QED) is 0.664. The number of carbonyl (C=O) groups is 1. The van der Waals surface area contributed by atoms with Crippen LogP contribution in [0.15, 0.2) is 61.1 Å². The summed E-state index contributed by atoms with van der Waals surface area (Å²) in [6, 6.07) is 13.4. The molecule has 0 unspecified atom stereocenters. The van der Waals surface area contributed by atoms with E-state index in [2.05, 4.69) is 40.5 Å². The molecule has 3 aromatic rings. The molecular weight excluding hydrogens is 336 g/mol. The van der Waals surface area contributed by atoms with Gasteiger partial charge < -0.3 is 10.6 Å². The smallest absolute Gasteiger partial charge is 0.255 e. The topological polar surface area (TPSA) is 66.9 Å². The zero-order valence-electron chi connectivity index (χ0n) is 15.9. The van der Waals surface area contributed by atoms with Crippen LogP contribution in [0.5, 0.6) is 0 Å². The average molecular weight is 360 g/mol. The number of aryl methyl sites for hydroxylation is 1. The van der Waals surface area contributed by atoms with Crippen molar-refractivity contribution in [2.45, 2.75) is 33.2 Å². The van der Waals surface area contributed by atoms with Gasteiger partial charge in [0.2, 0.25) is 0 Å². The van der Waals surface area contributed by atoms with E-state index in [-0.39, 0.29) is 5.91 Å². The SMILES string of the molecule is Cc1cccc(C(C)C)c1NC(=O)c1ccnc(NCc2cccnc2)c1. The zero-order valence-corrected chi connectivity index (χ0v) is 15.9. The molecule has 2 N–H and O–H groups in total. The van der Waals surface area contributed by atoms with Crippen LogP contribution in [0.4, 0.5) is 11.5 Å². The molecule has 0 aliphatic heterocycles. The number of nitrogens with zero attached hydrogens (tertiary/aromatic N) is 2. The summed E-state index contributed by atoms with van der Waals surface area (Å²) in [7, 11) is 0. The van der Waals surface area contributed by atoms with Gasteiger partial charge in [0, 0.05) is 36.4 Å². The lowest BCUT2D eigenvalue weighted by Gasteiger charge is -2.16. The highest BCUT2D eigenvalue weighted by molar-refractivity contribution is 6.05. The number of rotatable bonds is 6. The molecule has 138 valence electrons. The number of aromatic nitrogens is 2. The number of amides is 1. The number of hydrogen-bond donors (Lipinski definition) is 2. The van der Waals surface area contributed by atoms with Crippen LogP contribution in [0.2, 0.25) is 0 Å². The van der Waals surface area contributed by atoms with Gasteiger partial charge >= 0.3 is 0 Å². The minimum absolute atomic E-state index is 0.141. The van der Waals surface area contributed by atoms with Gasteiger partial charge in [-0.3, -0.25) is 9.78 Å². The molecule has 0 spiro atoms. The minimum atomic E-state index is -0.141. The summed E-state index contributed by atoms with van der Waals surface area (Å²) in [6.45, 7) is 6.85. The van der Waals surface area contributed by atoms with Gasteiger partial charge in [-0.2, -0.15) is 0 Å². The summed E-state index contributed by atoms with van der Waals surface area (Å²) in [5.74, 6) is 0.841. The third-order valence-corrected chi connectivity index (χ3v) is 4.38. The van der Waals surface area contributed by atoms with Crippen molar-refractivity contribution in [3.05, 3.63) is 83.3 Å². The van der Waals surface area contributed by atoms with E-state index in [1.54, 1.807) is 30.7 Å². The largest absolute Gasteiger partial charge is 0.366 e. The van der Waals surface area contributed by atoms with Gasteiger partial charge in [-0.15, -0.1) is 0 Å². The molecule has 3 rings (SSSR count). The van der Waals surface area contributed by atoms with Crippen LogP contribution in [0.25, 0.3) is 0 Å². The lowest BCUT2D eigenvalue weighted by molar-refractivity contribution is 0.102. The number of nitrogens with one attached hydrogen (secondary N) is 2. The fourth-order valence-electron chi connectivity index (χ4n) is 2.89. The molecule has 0 radical (unpaired) electrons. The standard InChI is InChI=1S/C22H24N4O/c1-15(2)19-8-4-6-16(3)21(19)26-22(27)18-9-11-24-20(12-18)25-14-17-7-5-10-23-13-17/h4-13,15H,14H2,1-3H3,(H,24,25)(H,26,27). The minimum Gasteiger partial charge on any atom is -0.366 e. The van der Waals surface area contributed by atoms with Crippen molar-refractivity contribution in [3.63, 3.8) is 0 Å². The fraction of sp³-hybridized carbons (Fsp3) is 0.227. The van der Waals surface area contributed by atoms with E-state index in [9.17, 15) is 4.79 Å². The molecular formula is C22H24N4O. The zero-order chi connectivity index (χ0) is 19.2. The molecule has 0 atom stereocenters. The molecule has 5 nitrogen and oxygen atoms in total. The number of hydrogen-bond acceptors (Lipinski definition) is 4. The van der Waals surface area contributed by atoms with Gasteiger partial charge in [0.25, 0.3) is 5.91 Å². The van der Waals surface area contributed by atoms with E-state index in [1.807, 2.05) is 31.2 Å². The van der Waals surface area contributed by atoms with Crippen molar-refractivity contribution in [2.24, 2.45) is 0 Å². The Balaban J connectivity index is 1.74. The van der Waals surface area contributed by atoms with Crippen LogP contribution in [-0.2, 0) is 6.54 Å². The molecule has 0 aliphatic carbocycles. The summed E-state index contributed by atoms with van der Waals surface area (Å²) < 4.78 is 0. The summed E-state index contributed by atoms with van der Waals surface area (Å²) in [4.78, 5) is 21.2. The maximum Gasteiger partial charge on any atom is 0.255 e. The number of para-hydroxylation sites is 1. The number of pyridine rings is 2. The van der Waals surface area contributed by atoms with Crippen LogP contribution in [0.3, 0.4) is 0 Å². The van der Waals surface area contributed by atoms with Crippen molar-refractivity contribution < 1.29 is 4.79 Å². The molecule has 0 saturated heterocycles. The molecule has 0 fully saturated rings. The van der Waals surface area contributed by atoms with Gasteiger partial charge in [0.05, 0.1) is 0 Å². The lowest BCUT2D eigenvalue weighted by atomic mass is 9.98. The Bertz CT molecular complexity index is 923. The van der Waals surface area contributed by atoms with Gasteiger partial charge in [0.15, 0.2) is 0 Å². The second kappa shape index (κ2) is 8.45. The molecule has 2 aromatic heterocycles. The second-order valence-corrected chi connectivity index (χ2v) is 6.79. The first-order chi connectivity index (χ1) is 13.0. The van der Waals surface area contributed by atoms with Crippen molar-refractivity contribution >= 4 is 17.4 Å². The number of carbonyl (C=O) groups excluding carboxylic acids is 1. The Morgan fingerprint density at radius 2 is 1.96 bits per heavy atom. The van der Waals surface area contributed by atoms with Gasteiger partial charge in [0.1, 0.15) is 5.82 Å². The van der Waals surface area contributed by atoms with E-state index in [4.69, 9.17) is 0 Å². The molecule has 1 aromatic carbocycles. The van der Waals surface area contributed by atoms with E-state index in [0.29, 0.717) is 23.8 Å². The Kier molecular flexibility index (Phi) is 5.81. The third-order valence-electron chi connectivity index (χ3n) is 4.38. The highest BCUT2D eigenvalue weighted by Gasteiger charge is 2.14. The predicted molar refractivity (Wildman–Crippen MR) is 109 cm³/mol. The van der Waals surface area contributed by atoms with Gasteiger partial charge in [-0.05, 0) is 47.7 Å². The first kappa shape index (κ1) is 18.6. The van der Waals surface area contributed by atoms with E-state index < -0.39 is 0 Å². The Labute approximate surface area is 159 Å². The third kappa shape index (κ3) is 4.70. The second-order valence-electron chi connectivity index (χ2n) is 6.79. The number of benzene rings is 1. The Hall–Kier alpha value is -3.21. The Morgan fingerprint density at radius 3 is 2.70 bits per heavy atom. The van der Waals surface area contributed by atoms with Crippen LogP contribution in [0.1, 0.15) is 46.8 Å². The van der Waals surface area contributed by atoms with Crippen LogP contribution >= 0.6 is 0 Å². The molecule has 5 heteroatoms. The summed E-state index contributed by atoms with van der Waals surface area (Å²) >= 11 is 0. The fourth-order valence-corrected chi connectivity index (χ4v) is 2.89. The van der Waals surface area contributed by atoms with Crippen LogP contribution < -0.4 is 10.6 Å². The maximum atomic E-state index is 12.8. The van der Waals surface area contributed by atoms with Crippen molar-refractivity contribution in [3.8, 4) is 0 Å². The lowest BCUT2D eigenvalue weighted by Crippen LogP contribution is -2.15. The molecule has 0 aliphatic rings. The molecule has 0 bridgehead atoms. The maximum absolute atomic E-state index is 12.8. The van der Waals surface area contributed by atoms with Gasteiger partial charge in [-0.25, -0.2) is 4.98 Å². The molecule has 0 saturated carbocycles. The first-order valence-electron chi connectivity index (χ1n) is 9.04. The van der Waals surface area contributed by atoms with E-state index >= 15 is 0 Å². The van der Waals surface area contributed by atoms with E-state index in [1.165, 1.54) is 0 Å². The summed E-state index contributed by atoms with van der Waals surface area (Å²) in [5.41, 5.74) is 4.69. The monoisotopic (exact) mass is 360 g/mol. The highest BCUT2D eigenvalue weighted by Crippen LogP contribution is 2.28. The van der Waals surface area contributed by atoms with Crippen molar-refractivity contribution in [1.29, 1.82) is 0 Å². The number of anilines is 2. The summed E-state index contributed by atoms with van der Waals surface area (Å²) in [5, 5.41) is 6.30. The normalized spacial score (nSPS) is 10.7. The Morgan fingerprint density at radius 1 is 1.11 bits per heavy atom. The molecule has 1 amide bonds. The van der Waals surface area contributed by atoms with Crippen LogP contribution in [-0.4, -0.2) is 15.9 Å². The first-order valence-corrected chi connectivity index (χ1v) is 9.04. The molecule has 2 heterocycles. The van der Waals surface area contributed by atoms with E-state index in [0.717, 1.165) is 22.4 Å². The summed E-state index contributed by atoms with van der Waals surface area (Å²) in [6.07, 6.45) is 5.18. The average Bonchev–Trinajstić information content (AvgIpc) is 2.68. The van der Waals surface area contributed by atoms with Crippen LogP contribution in [0, 0.1) is 6.92 Å². The van der Waals surface area contributed by atoms with Crippen molar-refractivity contribution in [1.82, 2.24) is 9.97 Å². The predicted octanol–water partition coefficient (Wildman–Crippen LogP) is 4.77.